The van der Waals surface area contributed by atoms with Crippen LogP contribution in [0, 0.1) is 5.92 Å². The quantitative estimate of drug-likeness (QED) is 0.316. The van der Waals surface area contributed by atoms with Gasteiger partial charge in [-0.25, -0.2) is 0 Å². The normalized spacial score (nSPS) is 15.1. The summed E-state index contributed by atoms with van der Waals surface area (Å²) < 4.78 is 0. The molecule has 0 heterocycles. The van der Waals surface area contributed by atoms with Gasteiger partial charge < -0.3 is 15.3 Å². The largest absolute Gasteiger partial charge is 0.481 e. The van der Waals surface area contributed by atoms with Crippen molar-refractivity contribution in [3.63, 3.8) is 0 Å². The highest BCUT2D eigenvalue weighted by Crippen LogP contribution is 2.18. The number of rotatable bonds is 15. The number of aliphatic hydroxyl groups excluding tert-OH is 2. The van der Waals surface area contributed by atoms with Crippen molar-refractivity contribution in [3.05, 3.63) is 0 Å². The third-order valence-electron chi connectivity index (χ3n) is 4.18. The second-order valence-corrected chi connectivity index (χ2v) is 6.41. The van der Waals surface area contributed by atoms with Gasteiger partial charge in [-0.3, -0.25) is 9.59 Å². The highest BCUT2D eigenvalue weighted by molar-refractivity contribution is 5.99. The van der Waals surface area contributed by atoms with E-state index < -0.39 is 29.9 Å². The molecule has 0 saturated carbocycles. The smallest absolute Gasteiger partial charge is 0.316 e. The first-order valence-electron chi connectivity index (χ1n) is 9.05. The second-order valence-electron chi connectivity index (χ2n) is 6.41. The number of unbranched alkanes of at least 4 members (excludes halogenated alkanes) is 6. The van der Waals surface area contributed by atoms with Crippen LogP contribution in [0.2, 0.25) is 0 Å². The summed E-state index contributed by atoms with van der Waals surface area (Å²) in [6.07, 6.45) is 6.51. The van der Waals surface area contributed by atoms with Gasteiger partial charge in [-0.1, -0.05) is 65.2 Å². The first-order chi connectivity index (χ1) is 10.9. The lowest BCUT2D eigenvalue weighted by Crippen LogP contribution is -2.36. The lowest BCUT2D eigenvalue weighted by molar-refractivity contribution is -0.151. The fraction of sp³-hybridized carbons (Fsp3) is 0.889. The molecule has 5 nitrogen and oxygen atoms in total. The third kappa shape index (κ3) is 10.4. The number of carboxylic acid groups (broad SMARTS) is 1. The van der Waals surface area contributed by atoms with Gasteiger partial charge >= 0.3 is 5.97 Å². The molecule has 23 heavy (non-hydrogen) atoms. The van der Waals surface area contributed by atoms with Gasteiger partial charge in [-0.05, 0) is 12.8 Å². The van der Waals surface area contributed by atoms with Gasteiger partial charge in [0.15, 0.2) is 5.78 Å². The van der Waals surface area contributed by atoms with Gasteiger partial charge in [0.05, 0.1) is 12.2 Å². The number of Topliss-reactive ketones (excluding diaryl/α,β-unsaturated/α-hetero) is 1. The van der Waals surface area contributed by atoms with Crippen LogP contribution < -0.4 is 0 Å². The van der Waals surface area contributed by atoms with Gasteiger partial charge in [0.2, 0.25) is 0 Å². The molecule has 136 valence electrons. The fourth-order valence-corrected chi connectivity index (χ4v) is 2.73. The lowest BCUT2D eigenvalue weighted by atomic mass is 9.90. The van der Waals surface area contributed by atoms with E-state index in [2.05, 4.69) is 6.92 Å². The van der Waals surface area contributed by atoms with Crippen molar-refractivity contribution in [3.8, 4) is 0 Å². The molecule has 5 heteroatoms. The van der Waals surface area contributed by atoms with E-state index in [4.69, 9.17) is 0 Å². The summed E-state index contributed by atoms with van der Waals surface area (Å²) in [4.78, 5) is 23.4. The predicted molar refractivity (Wildman–Crippen MR) is 90.3 cm³/mol. The van der Waals surface area contributed by atoms with E-state index in [0.717, 1.165) is 38.5 Å². The van der Waals surface area contributed by atoms with Crippen LogP contribution in [-0.4, -0.2) is 39.3 Å². The molecule has 3 atom stereocenters. The number of aliphatic carboxylic acids is 1. The molecule has 0 radical (unpaired) electrons. The summed E-state index contributed by atoms with van der Waals surface area (Å²) in [6, 6.07) is 0. The van der Waals surface area contributed by atoms with Crippen LogP contribution in [0.5, 0.6) is 0 Å². The van der Waals surface area contributed by atoms with E-state index in [1.54, 1.807) is 0 Å². The van der Waals surface area contributed by atoms with Crippen LogP contribution in [0.15, 0.2) is 0 Å². The Kier molecular flexibility index (Phi) is 12.9. The van der Waals surface area contributed by atoms with Crippen molar-refractivity contribution >= 4 is 11.8 Å². The molecule has 0 spiro atoms. The molecule has 0 aromatic rings. The van der Waals surface area contributed by atoms with Gasteiger partial charge in [-0.15, -0.1) is 0 Å². The van der Waals surface area contributed by atoms with E-state index in [1.807, 2.05) is 6.92 Å². The number of ketones is 1. The summed E-state index contributed by atoms with van der Waals surface area (Å²) in [7, 11) is 0. The van der Waals surface area contributed by atoms with Crippen LogP contribution in [0.4, 0.5) is 0 Å². The maximum atomic E-state index is 12.1. The van der Waals surface area contributed by atoms with E-state index in [1.165, 1.54) is 6.42 Å². The summed E-state index contributed by atoms with van der Waals surface area (Å²) >= 11 is 0. The van der Waals surface area contributed by atoms with Crippen LogP contribution in [0.1, 0.15) is 84.5 Å². The van der Waals surface area contributed by atoms with Crippen molar-refractivity contribution < 1.29 is 24.9 Å². The van der Waals surface area contributed by atoms with E-state index >= 15 is 0 Å². The van der Waals surface area contributed by atoms with Crippen LogP contribution in [0.25, 0.3) is 0 Å². The molecule has 0 aliphatic heterocycles. The first kappa shape index (κ1) is 22.1. The number of carboxylic acids is 1. The summed E-state index contributed by atoms with van der Waals surface area (Å²) in [6.45, 7) is 4.15. The average molecular weight is 330 g/mol. The van der Waals surface area contributed by atoms with E-state index in [9.17, 15) is 24.9 Å². The minimum atomic E-state index is -1.42. The summed E-state index contributed by atoms with van der Waals surface area (Å²) in [5.41, 5.74) is 0. The molecule has 0 amide bonds. The number of aliphatic hydroxyl groups is 2. The molecule has 0 aliphatic rings. The van der Waals surface area contributed by atoms with Gasteiger partial charge in [0, 0.05) is 6.42 Å². The number of hydrogen-bond donors (Lipinski definition) is 3. The first-order valence-corrected chi connectivity index (χ1v) is 9.05. The topological polar surface area (TPSA) is 94.8 Å². The molecule has 3 N–H and O–H groups in total. The highest BCUT2D eigenvalue weighted by Gasteiger charge is 2.33. The third-order valence-corrected chi connectivity index (χ3v) is 4.18. The highest BCUT2D eigenvalue weighted by atomic mass is 16.4. The molecule has 0 bridgehead atoms. The van der Waals surface area contributed by atoms with Crippen LogP contribution >= 0.6 is 0 Å². The van der Waals surface area contributed by atoms with Gasteiger partial charge in [0.25, 0.3) is 0 Å². The zero-order valence-corrected chi connectivity index (χ0v) is 14.7. The zero-order valence-electron chi connectivity index (χ0n) is 14.7. The Hall–Kier alpha value is -0.940. The Bertz CT molecular complexity index is 329. The maximum Gasteiger partial charge on any atom is 0.316 e. The van der Waals surface area contributed by atoms with Crippen molar-refractivity contribution in [1.29, 1.82) is 0 Å². The summed E-state index contributed by atoms with van der Waals surface area (Å²) in [5.74, 6) is -3.28. The predicted octanol–water partition coefficient (Wildman–Crippen LogP) is 3.31. The van der Waals surface area contributed by atoms with E-state index in [-0.39, 0.29) is 6.42 Å². The molecular formula is C18H34O5. The number of carbonyl (C=O) groups excluding carboxylic acids is 1. The van der Waals surface area contributed by atoms with E-state index in [0.29, 0.717) is 19.3 Å². The Balaban J connectivity index is 4.25. The van der Waals surface area contributed by atoms with Crippen molar-refractivity contribution in [2.75, 3.05) is 0 Å². The minimum absolute atomic E-state index is 0.185. The number of carbonyl (C=O) groups is 2. The monoisotopic (exact) mass is 330 g/mol. The van der Waals surface area contributed by atoms with Gasteiger partial charge in [0.1, 0.15) is 5.92 Å². The summed E-state index contributed by atoms with van der Waals surface area (Å²) in [5, 5.41) is 29.1. The second kappa shape index (κ2) is 13.5. The van der Waals surface area contributed by atoms with Crippen LogP contribution in [0.3, 0.4) is 0 Å². The van der Waals surface area contributed by atoms with Crippen molar-refractivity contribution in [2.24, 2.45) is 5.92 Å². The molecule has 0 aromatic carbocycles. The zero-order chi connectivity index (χ0) is 17.7. The molecular weight excluding hydrogens is 296 g/mol. The van der Waals surface area contributed by atoms with Gasteiger partial charge in [-0.2, -0.15) is 0 Å². The minimum Gasteiger partial charge on any atom is -0.481 e. The Morgan fingerprint density at radius 2 is 1.35 bits per heavy atom. The maximum absolute atomic E-state index is 12.1. The SMILES string of the molecule is CCCCCCCC(O)CC(=O)C(C(=O)O)C(O)CCCCC. The average Bonchev–Trinajstić information content (AvgIpc) is 2.46. The molecule has 0 saturated heterocycles. The lowest BCUT2D eigenvalue weighted by Gasteiger charge is -2.19. The standard InChI is InChI=1S/C18H34O5/c1-3-5-7-8-10-11-14(19)13-16(21)17(18(22)23)15(20)12-9-6-4-2/h14-15,17,19-20H,3-13H2,1-2H3,(H,22,23). The Morgan fingerprint density at radius 1 is 0.826 bits per heavy atom. The fourth-order valence-electron chi connectivity index (χ4n) is 2.73. The molecule has 3 unspecified atom stereocenters. The Labute approximate surface area is 140 Å². The molecule has 0 aliphatic carbocycles. The van der Waals surface area contributed by atoms with Crippen molar-refractivity contribution in [2.45, 2.75) is 96.7 Å². The van der Waals surface area contributed by atoms with Crippen molar-refractivity contribution in [1.82, 2.24) is 0 Å². The van der Waals surface area contributed by atoms with Crippen LogP contribution in [-0.2, 0) is 9.59 Å². The number of hydrogen-bond acceptors (Lipinski definition) is 4. The molecule has 0 fully saturated rings. The molecule has 0 aromatic heterocycles. The Morgan fingerprint density at radius 3 is 1.91 bits per heavy atom. The molecule has 0 rings (SSSR count).